The molecule has 2 aliphatic rings. The fraction of sp³-hybridized carbons (Fsp3) is 0.458. The molecule has 4 heteroatoms. The van der Waals surface area contributed by atoms with Crippen LogP contribution in [-0.2, 0) is 6.42 Å². The van der Waals surface area contributed by atoms with E-state index in [4.69, 9.17) is 16.6 Å². The zero-order valence-corrected chi connectivity index (χ0v) is 17.2. The number of nitrogens with one attached hydrogen (secondary N) is 1. The van der Waals surface area contributed by atoms with E-state index >= 15 is 0 Å². The predicted molar refractivity (Wildman–Crippen MR) is 119 cm³/mol. The highest BCUT2D eigenvalue weighted by atomic mass is 35.5. The summed E-state index contributed by atoms with van der Waals surface area (Å²) in [5.41, 5.74) is 2.44. The Morgan fingerprint density at radius 2 is 1.64 bits per heavy atom. The van der Waals surface area contributed by atoms with Crippen molar-refractivity contribution in [2.24, 2.45) is 10.9 Å². The van der Waals surface area contributed by atoms with Gasteiger partial charge in [0.2, 0.25) is 0 Å². The summed E-state index contributed by atoms with van der Waals surface area (Å²) in [6.07, 6.45) is 9.29. The van der Waals surface area contributed by atoms with Gasteiger partial charge in [0, 0.05) is 17.3 Å². The Bertz CT molecular complexity index is 764. The van der Waals surface area contributed by atoms with Gasteiger partial charge >= 0.3 is 0 Å². The van der Waals surface area contributed by atoms with Crippen LogP contribution in [0.2, 0.25) is 5.02 Å². The maximum atomic E-state index is 6.05. The van der Waals surface area contributed by atoms with Crippen LogP contribution >= 0.6 is 11.6 Å². The van der Waals surface area contributed by atoms with Gasteiger partial charge in [-0.1, -0.05) is 67.6 Å². The minimum absolute atomic E-state index is 0.431. The summed E-state index contributed by atoms with van der Waals surface area (Å²) in [6, 6.07) is 19.2. The van der Waals surface area contributed by atoms with Gasteiger partial charge in [-0.05, 0) is 55.0 Å². The maximum Gasteiger partial charge on any atom is 0.198 e. The molecule has 0 unspecified atom stereocenters. The number of rotatable bonds is 5. The zero-order valence-electron chi connectivity index (χ0n) is 16.5. The van der Waals surface area contributed by atoms with Crippen LogP contribution < -0.4 is 5.32 Å². The molecular formula is C24H30ClN3. The molecule has 3 nitrogen and oxygen atoms in total. The van der Waals surface area contributed by atoms with Gasteiger partial charge in [0.05, 0.1) is 12.6 Å². The molecule has 1 atom stereocenters. The zero-order chi connectivity index (χ0) is 19.2. The molecule has 148 valence electrons. The Kier molecular flexibility index (Phi) is 6.53. The summed E-state index contributed by atoms with van der Waals surface area (Å²) in [7, 11) is 0. The lowest BCUT2D eigenvalue weighted by atomic mass is 9.98. The number of aliphatic imine (C=N–C) groups is 1. The first-order valence-corrected chi connectivity index (χ1v) is 11.0. The van der Waals surface area contributed by atoms with Crippen LogP contribution in [0.15, 0.2) is 59.6 Å². The maximum absolute atomic E-state index is 6.05. The van der Waals surface area contributed by atoms with Crippen molar-refractivity contribution in [3.05, 3.63) is 65.2 Å². The number of nitrogens with zero attached hydrogens (tertiary/aromatic N) is 2. The number of guanidine groups is 1. The van der Waals surface area contributed by atoms with E-state index in [0.29, 0.717) is 6.04 Å². The van der Waals surface area contributed by atoms with Crippen molar-refractivity contribution in [2.45, 2.75) is 51.0 Å². The first-order valence-electron chi connectivity index (χ1n) is 10.7. The molecule has 0 radical (unpaired) electrons. The number of benzene rings is 2. The van der Waals surface area contributed by atoms with Gasteiger partial charge in [-0.2, -0.15) is 0 Å². The van der Waals surface area contributed by atoms with Gasteiger partial charge in [-0.15, -0.1) is 0 Å². The molecule has 1 aliphatic carbocycles. The van der Waals surface area contributed by atoms with Crippen molar-refractivity contribution in [1.29, 1.82) is 0 Å². The number of anilines is 1. The molecule has 2 aromatic rings. The van der Waals surface area contributed by atoms with Crippen molar-refractivity contribution >= 4 is 23.2 Å². The summed E-state index contributed by atoms with van der Waals surface area (Å²) >= 11 is 6.05. The van der Waals surface area contributed by atoms with Gasteiger partial charge < -0.3 is 10.2 Å². The highest BCUT2D eigenvalue weighted by Gasteiger charge is 2.30. The van der Waals surface area contributed by atoms with Gasteiger partial charge in [-0.3, -0.25) is 4.99 Å². The van der Waals surface area contributed by atoms with Crippen molar-refractivity contribution < 1.29 is 0 Å². The van der Waals surface area contributed by atoms with Crippen LogP contribution in [0.3, 0.4) is 0 Å². The van der Waals surface area contributed by atoms with Crippen LogP contribution in [0.4, 0.5) is 5.69 Å². The van der Waals surface area contributed by atoms with Crippen LogP contribution in [0.25, 0.3) is 0 Å². The lowest BCUT2D eigenvalue weighted by molar-refractivity contribution is 0.270. The molecule has 1 saturated carbocycles. The largest absolute Gasteiger partial charge is 0.337 e. The molecule has 0 amide bonds. The summed E-state index contributed by atoms with van der Waals surface area (Å²) in [5, 5.41) is 4.32. The Balaban J connectivity index is 1.49. The molecule has 28 heavy (non-hydrogen) atoms. The Morgan fingerprint density at radius 1 is 0.929 bits per heavy atom. The van der Waals surface area contributed by atoms with Gasteiger partial charge in [0.25, 0.3) is 0 Å². The molecule has 1 aliphatic heterocycles. The van der Waals surface area contributed by atoms with Gasteiger partial charge in [0.15, 0.2) is 5.96 Å². The number of hydrogen-bond donors (Lipinski definition) is 1. The third kappa shape index (κ3) is 5.08. The van der Waals surface area contributed by atoms with E-state index in [1.165, 1.54) is 44.1 Å². The standard InChI is InChI=1S/C24H30ClN3/c25-21-12-14-22(15-13-21)27-24-26-17-23(16-19-8-6-3-7-9-19)28(24)18-20-10-4-1-2-5-11-20/h3,6-9,12-15,20,23H,1-2,4-5,10-11,16-18H2,(H,26,27)/t23-/m0/s1. The molecule has 0 spiro atoms. The molecule has 0 saturated heterocycles. The lowest BCUT2D eigenvalue weighted by Crippen LogP contribution is -2.44. The van der Waals surface area contributed by atoms with Crippen molar-refractivity contribution in [2.75, 3.05) is 18.4 Å². The summed E-state index contributed by atoms with van der Waals surface area (Å²) < 4.78 is 0. The average molecular weight is 396 g/mol. The molecule has 2 aromatic carbocycles. The second kappa shape index (κ2) is 9.47. The van der Waals surface area contributed by atoms with Gasteiger partial charge in [0.1, 0.15) is 0 Å². The summed E-state index contributed by atoms with van der Waals surface area (Å²) in [6.45, 7) is 1.97. The van der Waals surface area contributed by atoms with Crippen molar-refractivity contribution in [3.8, 4) is 0 Å². The van der Waals surface area contributed by atoms with E-state index in [2.05, 4.69) is 40.5 Å². The molecule has 0 bridgehead atoms. The van der Waals surface area contributed by atoms with Crippen LogP contribution in [0.5, 0.6) is 0 Å². The second-order valence-corrected chi connectivity index (χ2v) is 8.59. The van der Waals surface area contributed by atoms with Crippen molar-refractivity contribution in [1.82, 2.24) is 4.90 Å². The van der Waals surface area contributed by atoms with E-state index in [1.54, 1.807) is 0 Å². The fourth-order valence-corrected chi connectivity index (χ4v) is 4.57. The van der Waals surface area contributed by atoms with E-state index < -0.39 is 0 Å². The fourth-order valence-electron chi connectivity index (χ4n) is 4.45. The van der Waals surface area contributed by atoms with Crippen LogP contribution in [0.1, 0.15) is 44.1 Å². The lowest BCUT2D eigenvalue weighted by Gasteiger charge is -2.32. The van der Waals surface area contributed by atoms with E-state index in [9.17, 15) is 0 Å². The predicted octanol–water partition coefficient (Wildman–Crippen LogP) is 6.01. The molecule has 1 heterocycles. The first kappa shape index (κ1) is 19.3. The minimum atomic E-state index is 0.431. The van der Waals surface area contributed by atoms with E-state index in [1.807, 2.05) is 24.3 Å². The molecule has 4 rings (SSSR count). The third-order valence-electron chi connectivity index (χ3n) is 6.01. The Morgan fingerprint density at radius 3 is 2.36 bits per heavy atom. The summed E-state index contributed by atoms with van der Waals surface area (Å²) in [5.74, 6) is 1.79. The molecule has 0 aromatic heterocycles. The van der Waals surface area contributed by atoms with Crippen molar-refractivity contribution in [3.63, 3.8) is 0 Å². The quantitative estimate of drug-likeness (QED) is 0.628. The minimum Gasteiger partial charge on any atom is -0.337 e. The topological polar surface area (TPSA) is 27.6 Å². The number of halogens is 1. The Hall–Kier alpha value is -2.00. The third-order valence-corrected chi connectivity index (χ3v) is 6.26. The molecular weight excluding hydrogens is 366 g/mol. The highest BCUT2D eigenvalue weighted by Crippen LogP contribution is 2.27. The van der Waals surface area contributed by atoms with Crippen LogP contribution in [0, 0.1) is 5.92 Å². The smallest absolute Gasteiger partial charge is 0.198 e. The monoisotopic (exact) mass is 395 g/mol. The summed E-state index contributed by atoms with van der Waals surface area (Å²) in [4.78, 5) is 7.44. The van der Waals surface area contributed by atoms with E-state index in [0.717, 1.165) is 42.1 Å². The average Bonchev–Trinajstić information content (AvgIpc) is 2.91. The number of hydrogen-bond acceptors (Lipinski definition) is 3. The van der Waals surface area contributed by atoms with Crippen LogP contribution in [-0.4, -0.2) is 30.0 Å². The first-order chi connectivity index (χ1) is 13.8. The molecule has 1 N–H and O–H groups in total. The Labute approximate surface area is 173 Å². The normalized spacial score (nSPS) is 20.7. The second-order valence-electron chi connectivity index (χ2n) is 8.15. The highest BCUT2D eigenvalue weighted by molar-refractivity contribution is 6.30. The van der Waals surface area contributed by atoms with E-state index in [-0.39, 0.29) is 0 Å². The SMILES string of the molecule is Clc1ccc(NC2=NC[C@H](Cc3ccccc3)N2CC2CCCCCC2)cc1. The molecule has 1 fully saturated rings. The van der Waals surface area contributed by atoms with Gasteiger partial charge in [-0.25, -0.2) is 0 Å².